The molecule has 1 saturated heterocycles. The van der Waals surface area contributed by atoms with Crippen molar-refractivity contribution in [2.75, 3.05) is 31.1 Å². The largest absolute Gasteiger partial charge is 0.337 e. The molecule has 32 heavy (non-hydrogen) atoms. The molecular weight excluding hydrogens is 420 g/mol. The standard InChI is InChI=1S/C24H22N6OS/c31-22(28-13-15-29(16-14-28)24-25-11-5-12-26-24)10-9-19-18-30(20-6-2-1-3-7-20)27-23(19)21-8-4-17-32-21/h1-12,17-18H,13-16H2/b10-9+. The molecule has 0 unspecified atom stereocenters. The summed E-state index contributed by atoms with van der Waals surface area (Å²) in [5.41, 5.74) is 2.77. The number of amides is 1. The van der Waals surface area contributed by atoms with Crippen LogP contribution in [-0.4, -0.2) is 56.7 Å². The van der Waals surface area contributed by atoms with Crippen LogP contribution in [0.15, 0.2) is 78.6 Å². The molecule has 0 radical (unpaired) electrons. The summed E-state index contributed by atoms with van der Waals surface area (Å²) in [5, 5.41) is 6.82. The number of rotatable bonds is 5. The van der Waals surface area contributed by atoms with Crippen molar-refractivity contribution in [1.29, 1.82) is 0 Å². The highest BCUT2D eigenvalue weighted by Crippen LogP contribution is 2.28. The smallest absolute Gasteiger partial charge is 0.246 e. The second kappa shape index (κ2) is 9.15. The van der Waals surface area contributed by atoms with Gasteiger partial charge in [0.25, 0.3) is 0 Å². The van der Waals surface area contributed by atoms with Crippen molar-refractivity contribution < 1.29 is 4.79 Å². The quantitative estimate of drug-likeness (QED) is 0.441. The first kappa shape index (κ1) is 20.1. The molecule has 1 aliphatic heterocycles. The number of benzene rings is 1. The highest BCUT2D eigenvalue weighted by Gasteiger charge is 2.21. The van der Waals surface area contributed by atoms with Crippen LogP contribution >= 0.6 is 11.3 Å². The topological polar surface area (TPSA) is 67.2 Å². The number of para-hydroxylation sites is 1. The van der Waals surface area contributed by atoms with Crippen molar-refractivity contribution in [2.24, 2.45) is 0 Å². The number of piperazine rings is 1. The van der Waals surface area contributed by atoms with Crippen molar-refractivity contribution in [1.82, 2.24) is 24.6 Å². The first-order chi connectivity index (χ1) is 15.8. The Morgan fingerprint density at radius 1 is 0.938 bits per heavy atom. The first-order valence-electron chi connectivity index (χ1n) is 10.5. The lowest BCUT2D eigenvalue weighted by atomic mass is 10.2. The molecular formula is C24H22N6OS. The molecule has 1 aliphatic rings. The van der Waals surface area contributed by atoms with Gasteiger partial charge in [0.1, 0.15) is 5.69 Å². The Balaban J connectivity index is 1.32. The monoisotopic (exact) mass is 442 g/mol. The highest BCUT2D eigenvalue weighted by atomic mass is 32.1. The lowest BCUT2D eigenvalue weighted by Gasteiger charge is -2.34. The van der Waals surface area contributed by atoms with Crippen LogP contribution in [0.2, 0.25) is 0 Å². The van der Waals surface area contributed by atoms with Gasteiger partial charge in [-0.15, -0.1) is 11.3 Å². The summed E-state index contributed by atoms with van der Waals surface area (Å²) in [5.74, 6) is 0.715. The Labute approximate surface area is 190 Å². The van der Waals surface area contributed by atoms with Crippen LogP contribution in [0.25, 0.3) is 22.3 Å². The number of aromatic nitrogens is 4. The van der Waals surface area contributed by atoms with Crippen LogP contribution in [0, 0.1) is 0 Å². The molecule has 0 saturated carbocycles. The van der Waals surface area contributed by atoms with E-state index in [9.17, 15) is 4.79 Å². The van der Waals surface area contributed by atoms with Crippen LogP contribution in [0.4, 0.5) is 5.95 Å². The van der Waals surface area contributed by atoms with Gasteiger partial charge in [0.15, 0.2) is 0 Å². The number of carbonyl (C=O) groups is 1. The molecule has 4 aromatic rings. The predicted octanol–water partition coefficient (Wildman–Crippen LogP) is 3.75. The number of hydrogen-bond acceptors (Lipinski definition) is 6. The lowest BCUT2D eigenvalue weighted by molar-refractivity contribution is -0.126. The van der Waals surface area contributed by atoms with E-state index in [-0.39, 0.29) is 5.91 Å². The maximum absolute atomic E-state index is 12.9. The third-order valence-electron chi connectivity index (χ3n) is 5.35. The molecule has 0 spiro atoms. The Kier molecular flexibility index (Phi) is 5.76. The first-order valence-corrected chi connectivity index (χ1v) is 11.3. The number of hydrogen-bond donors (Lipinski definition) is 0. The molecule has 5 rings (SSSR count). The van der Waals surface area contributed by atoms with Gasteiger partial charge in [-0.1, -0.05) is 24.3 Å². The van der Waals surface area contributed by atoms with Gasteiger partial charge in [-0.3, -0.25) is 4.79 Å². The molecule has 1 fully saturated rings. The van der Waals surface area contributed by atoms with Crippen LogP contribution in [-0.2, 0) is 4.79 Å². The lowest BCUT2D eigenvalue weighted by Crippen LogP contribution is -2.48. The predicted molar refractivity (Wildman–Crippen MR) is 127 cm³/mol. The fourth-order valence-corrected chi connectivity index (χ4v) is 4.41. The zero-order chi connectivity index (χ0) is 21.8. The number of carbonyl (C=O) groups excluding carboxylic acids is 1. The van der Waals surface area contributed by atoms with Gasteiger partial charge in [-0.2, -0.15) is 5.10 Å². The summed E-state index contributed by atoms with van der Waals surface area (Å²) in [6.45, 7) is 2.72. The highest BCUT2D eigenvalue weighted by molar-refractivity contribution is 7.13. The van der Waals surface area contributed by atoms with Crippen molar-refractivity contribution >= 4 is 29.3 Å². The van der Waals surface area contributed by atoms with E-state index >= 15 is 0 Å². The van der Waals surface area contributed by atoms with Crippen molar-refractivity contribution in [3.63, 3.8) is 0 Å². The summed E-state index contributed by atoms with van der Waals surface area (Å²) >= 11 is 1.64. The molecule has 0 atom stereocenters. The van der Waals surface area contributed by atoms with Gasteiger partial charge >= 0.3 is 0 Å². The molecule has 0 aliphatic carbocycles. The summed E-state index contributed by atoms with van der Waals surface area (Å²) in [6.07, 6.45) is 8.97. The molecule has 0 N–H and O–H groups in total. The van der Waals surface area contributed by atoms with E-state index in [1.165, 1.54) is 0 Å². The molecule has 8 heteroatoms. The van der Waals surface area contributed by atoms with Gasteiger partial charge in [-0.05, 0) is 35.7 Å². The molecule has 3 aromatic heterocycles. The fraction of sp³-hybridized carbons (Fsp3) is 0.167. The fourth-order valence-electron chi connectivity index (χ4n) is 3.67. The Hall–Kier alpha value is -3.78. The second-order valence-corrected chi connectivity index (χ2v) is 8.33. The zero-order valence-corrected chi connectivity index (χ0v) is 18.2. The van der Waals surface area contributed by atoms with E-state index in [0.29, 0.717) is 19.0 Å². The minimum absolute atomic E-state index is 0.00298. The van der Waals surface area contributed by atoms with Crippen LogP contribution in [0.1, 0.15) is 5.56 Å². The Morgan fingerprint density at radius 2 is 1.72 bits per heavy atom. The third kappa shape index (κ3) is 4.31. The molecule has 0 bridgehead atoms. The van der Waals surface area contributed by atoms with Crippen LogP contribution in [0.3, 0.4) is 0 Å². The van der Waals surface area contributed by atoms with Gasteiger partial charge in [0.05, 0.1) is 10.6 Å². The van der Waals surface area contributed by atoms with E-state index in [1.54, 1.807) is 35.9 Å². The Bertz CT molecular complexity index is 1200. The van der Waals surface area contributed by atoms with E-state index < -0.39 is 0 Å². The molecule has 160 valence electrons. The van der Waals surface area contributed by atoms with E-state index in [2.05, 4.69) is 14.9 Å². The van der Waals surface area contributed by atoms with Crippen LogP contribution in [0.5, 0.6) is 0 Å². The zero-order valence-electron chi connectivity index (χ0n) is 17.4. The summed E-state index contributed by atoms with van der Waals surface area (Å²) in [4.78, 5) is 26.5. The molecule has 7 nitrogen and oxygen atoms in total. The minimum Gasteiger partial charge on any atom is -0.337 e. The number of anilines is 1. The maximum atomic E-state index is 12.9. The molecule has 1 amide bonds. The average molecular weight is 443 g/mol. The van der Waals surface area contributed by atoms with Crippen molar-refractivity contribution in [3.8, 4) is 16.3 Å². The molecule has 1 aromatic carbocycles. The van der Waals surface area contributed by atoms with E-state index in [0.717, 1.165) is 34.9 Å². The minimum atomic E-state index is 0.00298. The average Bonchev–Trinajstić information content (AvgIpc) is 3.54. The Morgan fingerprint density at radius 3 is 2.44 bits per heavy atom. The second-order valence-electron chi connectivity index (χ2n) is 7.38. The van der Waals surface area contributed by atoms with Gasteiger partial charge in [-0.25, -0.2) is 14.6 Å². The van der Waals surface area contributed by atoms with E-state index in [1.807, 2.05) is 69.7 Å². The SMILES string of the molecule is O=C(/C=C/c1cn(-c2ccccc2)nc1-c1cccs1)N1CCN(c2ncccn2)CC1. The van der Waals surface area contributed by atoms with Gasteiger partial charge in [0.2, 0.25) is 11.9 Å². The number of nitrogens with zero attached hydrogens (tertiary/aromatic N) is 6. The maximum Gasteiger partial charge on any atom is 0.246 e. The summed E-state index contributed by atoms with van der Waals surface area (Å²) < 4.78 is 1.86. The van der Waals surface area contributed by atoms with Crippen molar-refractivity contribution in [3.05, 3.63) is 84.1 Å². The van der Waals surface area contributed by atoms with E-state index in [4.69, 9.17) is 5.10 Å². The van der Waals surface area contributed by atoms with Gasteiger partial charge < -0.3 is 9.80 Å². The van der Waals surface area contributed by atoms with Gasteiger partial charge in [0, 0.05) is 56.4 Å². The summed E-state index contributed by atoms with van der Waals surface area (Å²) in [7, 11) is 0. The van der Waals surface area contributed by atoms with Crippen LogP contribution < -0.4 is 4.90 Å². The molecule has 4 heterocycles. The normalized spacial score (nSPS) is 14.2. The third-order valence-corrected chi connectivity index (χ3v) is 6.23. The summed E-state index contributed by atoms with van der Waals surface area (Å²) in [6, 6.07) is 15.8. The number of thiophene rings is 1. The van der Waals surface area contributed by atoms with Crippen molar-refractivity contribution in [2.45, 2.75) is 0 Å².